The second-order valence-corrected chi connectivity index (χ2v) is 5.83. The molecule has 1 atom stereocenters. The van der Waals surface area contributed by atoms with Crippen LogP contribution in [0, 0.1) is 5.92 Å². The van der Waals surface area contributed by atoms with Crippen molar-refractivity contribution in [3.63, 3.8) is 0 Å². The molecule has 3 rings (SSSR count). The summed E-state index contributed by atoms with van der Waals surface area (Å²) in [4.78, 5) is 6.78. The van der Waals surface area contributed by atoms with Crippen molar-refractivity contribution in [1.29, 1.82) is 0 Å². The lowest BCUT2D eigenvalue weighted by Crippen LogP contribution is -2.37. The van der Waals surface area contributed by atoms with Crippen molar-refractivity contribution < 1.29 is 9.26 Å². The van der Waals surface area contributed by atoms with Gasteiger partial charge in [-0.05, 0) is 31.5 Å². The molecular formula is C17H23N3O2. The van der Waals surface area contributed by atoms with Gasteiger partial charge in [0.15, 0.2) is 5.82 Å². The van der Waals surface area contributed by atoms with Crippen molar-refractivity contribution in [2.45, 2.75) is 32.7 Å². The fraction of sp³-hybridized carbons (Fsp3) is 0.529. The monoisotopic (exact) mass is 301 g/mol. The van der Waals surface area contributed by atoms with Crippen molar-refractivity contribution in [2.24, 2.45) is 5.92 Å². The topological polar surface area (TPSA) is 51.4 Å². The first-order chi connectivity index (χ1) is 10.8. The lowest BCUT2D eigenvalue weighted by Gasteiger charge is -2.31. The minimum absolute atomic E-state index is 0.558. The van der Waals surface area contributed by atoms with E-state index < -0.39 is 0 Å². The van der Waals surface area contributed by atoms with Gasteiger partial charge in [-0.2, -0.15) is 4.98 Å². The molecule has 1 aliphatic heterocycles. The Morgan fingerprint density at radius 1 is 1.32 bits per heavy atom. The van der Waals surface area contributed by atoms with Gasteiger partial charge in [0.2, 0.25) is 5.89 Å². The van der Waals surface area contributed by atoms with E-state index in [9.17, 15) is 0 Å². The summed E-state index contributed by atoms with van der Waals surface area (Å²) < 4.78 is 11.2. The third kappa shape index (κ3) is 4.07. The molecule has 1 unspecified atom stereocenters. The largest absolute Gasteiger partial charge is 0.493 e. The van der Waals surface area contributed by atoms with Gasteiger partial charge in [-0.25, -0.2) is 0 Å². The first kappa shape index (κ1) is 15.0. The van der Waals surface area contributed by atoms with Crippen LogP contribution in [0.3, 0.4) is 0 Å². The zero-order chi connectivity index (χ0) is 15.2. The summed E-state index contributed by atoms with van der Waals surface area (Å²) in [5.74, 6) is 3.02. The minimum Gasteiger partial charge on any atom is -0.493 e. The van der Waals surface area contributed by atoms with Gasteiger partial charge in [0.05, 0.1) is 13.2 Å². The lowest BCUT2D eigenvalue weighted by atomic mass is 9.99. The van der Waals surface area contributed by atoms with Crippen LogP contribution in [0.4, 0.5) is 0 Å². The smallest absolute Gasteiger partial charge is 0.240 e. The molecule has 0 saturated carbocycles. The fourth-order valence-corrected chi connectivity index (χ4v) is 2.85. The van der Waals surface area contributed by atoms with Crippen LogP contribution in [-0.2, 0) is 13.0 Å². The number of rotatable bonds is 6. The molecule has 2 aromatic rings. The highest BCUT2D eigenvalue weighted by Gasteiger charge is 2.22. The molecule has 22 heavy (non-hydrogen) atoms. The van der Waals surface area contributed by atoms with Gasteiger partial charge in [0, 0.05) is 18.9 Å². The molecule has 0 N–H and O–H groups in total. The molecule has 1 aromatic heterocycles. The van der Waals surface area contributed by atoms with Crippen LogP contribution >= 0.6 is 0 Å². The number of nitrogens with zero attached hydrogens (tertiary/aromatic N) is 3. The molecule has 2 heterocycles. The van der Waals surface area contributed by atoms with Crippen LogP contribution in [0.15, 0.2) is 34.9 Å². The van der Waals surface area contributed by atoms with Crippen LogP contribution in [0.5, 0.6) is 5.75 Å². The predicted molar refractivity (Wildman–Crippen MR) is 83.6 cm³/mol. The average Bonchev–Trinajstić information content (AvgIpc) is 3.02. The fourth-order valence-electron chi connectivity index (χ4n) is 2.85. The lowest BCUT2D eigenvalue weighted by molar-refractivity contribution is 0.115. The normalized spacial score (nSPS) is 19.2. The number of aryl methyl sites for hydroxylation is 1. The van der Waals surface area contributed by atoms with E-state index in [2.05, 4.69) is 15.0 Å². The number of para-hydroxylation sites is 1. The predicted octanol–water partition coefficient (Wildman–Crippen LogP) is 2.92. The maximum absolute atomic E-state index is 5.89. The van der Waals surface area contributed by atoms with Crippen molar-refractivity contribution in [3.05, 3.63) is 42.0 Å². The highest BCUT2D eigenvalue weighted by atomic mass is 16.5. The molecule has 5 heteroatoms. The second-order valence-electron chi connectivity index (χ2n) is 5.83. The third-order valence-corrected chi connectivity index (χ3v) is 4.02. The summed E-state index contributed by atoms with van der Waals surface area (Å²) in [5.41, 5.74) is 0. The first-order valence-corrected chi connectivity index (χ1v) is 8.05. The quantitative estimate of drug-likeness (QED) is 0.821. The molecule has 118 valence electrons. The van der Waals surface area contributed by atoms with E-state index in [1.807, 2.05) is 37.3 Å². The van der Waals surface area contributed by atoms with Crippen molar-refractivity contribution in [3.8, 4) is 5.75 Å². The summed E-state index contributed by atoms with van der Waals surface area (Å²) in [6.45, 7) is 5.66. The van der Waals surface area contributed by atoms with Crippen molar-refractivity contribution >= 4 is 0 Å². The molecule has 5 nitrogen and oxygen atoms in total. The van der Waals surface area contributed by atoms with E-state index in [1.165, 1.54) is 12.8 Å². The standard InChI is InChI=1S/C17H23N3O2/c1-2-16-18-17(22-19-16)12-20-10-6-7-14(11-20)13-21-15-8-4-3-5-9-15/h3-5,8-9,14H,2,6-7,10-13H2,1H3. The Balaban J connectivity index is 1.48. The van der Waals surface area contributed by atoms with Gasteiger partial charge in [0.1, 0.15) is 5.75 Å². The number of hydrogen-bond donors (Lipinski definition) is 0. The summed E-state index contributed by atoms with van der Waals surface area (Å²) in [6, 6.07) is 10.0. The van der Waals surface area contributed by atoms with E-state index in [1.54, 1.807) is 0 Å². The van der Waals surface area contributed by atoms with Crippen LogP contribution < -0.4 is 4.74 Å². The SMILES string of the molecule is CCc1noc(CN2CCCC(COc3ccccc3)C2)n1. The Kier molecular flexibility index (Phi) is 5.06. The Labute approximate surface area is 131 Å². The van der Waals surface area contributed by atoms with Gasteiger partial charge in [-0.15, -0.1) is 0 Å². The molecule has 0 spiro atoms. The van der Waals surface area contributed by atoms with Crippen molar-refractivity contribution in [2.75, 3.05) is 19.7 Å². The highest BCUT2D eigenvalue weighted by Crippen LogP contribution is 2.20. The average molecular weight is 301 g/mol. The number of piperidine rings is 1. The van der Waals surface area contributed by atoms with Crippen LogP contribution in [-0.4, -0.2) is 34.7 Å². The molecule has 0 aliphatic carbocycles. The summed E-state index contributed by atoms with van der Waals surface area (Å²) in [7, 11) is 0. The maximum Gasteiger partial charge on any atom is 0.240 e. The van der Waals surface area contributed by atoms with Crippen LogP contribution in [0.1, 0.15) is 31.5 Å². The van der Waals surface area contributed by atoms with Crippen molar-refractivity contribution in [1.82, 2.24) is 15.0 Å². The Morgan fingerprint density at radius 3 is 2.95 bits per heavy atom. The number of ether oxygens (including phenoxy) is 1. The molecule has 0 bridgehead atoms. The minimum atomic E-state index is 0.558. The Hall–Kier alpha value is -1.88. The molecule has 1 aliphatic rings. The van der Waals surface area contributed by atoms with Crippen LogP contribution in [0.25, 0.3) is 0 Å². The highest BCUT2D eigenvalue weighted by molar-refractivity contribution is 5.20. The first-order valence-electron chi connectivity index (χ1n) is 8.05. The zero-order valence-corrected chi connectivity index (χ0v) is 13.1. The number of likely N-dealkylation sites (tertiary alicyclic amines) is 1. The number of benzene rings is 1. The Bertz CT molecular complexity index is 570. The molecule has 1 saturated heterocycles. The van der Waals surface area contributed by atoms with E-state index in [0.717, 1.165) is 50.1 Å². The maximum atomic E-state index is 5.89. The second kappa shape index (κ2) is 7.40. The van der Waals surface area contributed by atoms with E-state index in [0.29, 0.717) is 5.92 Å². The van der Waals surface area contributed by atoms with Gasteiger partial charge >= 0.3 is 0 Å². The van der Waals surface area contributed by atoms with Gasteiger partial charge in [-0.1, -0.05) is 30.3 Å². The molecule has 1 aromatic carbocycles. The van der Waals surface area contributed by atoms with E-state index >= 15 is 0 Å². The summed E-state index contributed by atoms with van der Waals surface area (Å²) in [6.07, 6.45) is 3.22. The zero-order valence-electron chi connectivity index (χ0n) is 13.1. The van der Waals surface area contributed by atoms with Gasteiger partial charge < -0.3 is 9.26 Å². The summed E-state index contributed by atoms with van der Waals surface area (Å²) in [5, 5.41) is 3.96. The Morgan fingerprint density at radius 2 is 2.18 bits per heavy atom. The number of hydrogen-bond acceptors (Lipinski definition) is 5. The number of aromatic nitrogens is 2. The third-order valence-electron chi connectivity index (χ3n) is 4.02. The van der Waals surface area contributed by atoms with Gasteiger partial charge in [-0.3, -0.25) is 4.90 Å². The van der Waals surface area contributed by atoms with E-state index in [4.69, 9.17) is 9.26 Å². The molecule has 1 fully saturated rings. The molecule has 0 radical (unpaired) electrons. The molecular weight excluding hydrogens is 278 g/mol. The van der Waals surface area contributed by atoms with Crippen LogP contribution in [0.2, 0.25) is 0 Å². The molecule has 0 amide bonds. The van der Waals surface area contributed by atoms with E-state index in [-0.39, 0.29) is 0 Å². The van der Waals surface area contributed by atoms with Gasteiger partial charge in [0.25, 0.3) is 0 Å². The summed E-state index contributed by atoms with van der Waals surface area (Å²) >= 11 is 0.